The van der Waals surface area contributed by atoms with Crippen LogP contribution in [-0.4, -0.2) is 30.3 Å². The second-order valence-corrected chi connectivity index (χ2v) is 5.61. The summed E-state index contributed by atoms with van der Waals surface area (Å²) in [7, 11) is 0. The topological polar surface area (TPSA) is 64.6 Å². The lowest BCUT2D eigenvalue weighted by Crippen LogP contribution is -2.33. The number of hydrogen-bond acceptors (Lipinski definition) is 4. The Balaban J connectivity index is 1.95. The summed E-state index contributed by atoms with van der Waals surface area (Å²) in [6.45, 7) is 6.12. The first-order chi connectivity index (χ1) is 8.87. The molecular formula is C14H23NO4. The lowest BCUT2D eigenvalue weighted by molar-refractivity contribution is -0.138. The largest absolute Gasteiger partial charge is 0.455 e. The van der Waals surface area contributed by atoms with Crippen molar-refractivity contribution in [3.05, 3.63) is 12.2 Å². The first kappa shape index (κ1) is 15.5. The molecule has 0 aromatic carbocycles. The Labute approximate surface area is 114 Å². The van der Waals surface area contributed by atoms with Crippen LogP contribution in [-0.2, 0) is 14.3 Å². The molecule has 108 valence electrons. The zero-order valence-electron chi connectivity index (χ0n) is 11.9. The molecule has 0 saturated carbocycles. The molecule has 0 radical (unpaired) electrons. The van der Waals surface area contributed by atoms with Crippen LogP contribution >= 0.6 is 0 Å². The summed E-state index contributed by atoms with van der Waals surface area (Å²) in [6.07, 6.45) is 6.51. The van der Waals surface area contributed by atoms with Crippen LogP contribution < -0.4 is 5.32 Å². The maximum atomic E-state index is 11.3. The fraction of sp³-hybridized carbons (Fsp3) is 0.714. The van der Waals surface area contributed by atoms with E-state index >= 15 is 0 Å². The summed E-state index contributed by atoms with van der Waals surface area (Å²) in [5.41, 5.74) is -0.456. The summed E-state index contributed by atoms with van der Waals surface area (Å²) in [6, 6.07) is 0. The maximum absolute atomic E-state index is 11.3. The van der Waals surface area contributed by atoms with Crippen LogP contribution in [0.15, 0.2) is 12.2 Å². The van der Waals surface area contributed by atoms with Crippen LogP contribution in [0, 0.1) is 0 Å². The number of hydrogen-bond donors (Lipinski definition) is 1. The third-order valence-electron chi connectivity index (χ3n) is 2.55. The maximum Gasteiger partial charge on any atom is 0.407 e. The lowest BCUT2D eigenvalue weighted by Gasteiger charge is -2.19. The van der Waals surface area contributed by atoms with Gasteiger partial charge in [0.15, 0.2) is 0 Å². The van der Waals surface area contributed by atoms with Gasteiger partial charge in [0.25, 0.3) is 0 Å². The fourth-order valence-corrected chi connectivity index (χ4v) is 1.72. The van der Waals surface area contributed by atoms with Crippen molar-refractivity contribution in [1.29, 1.82) is 0 Å². The van der Waals surface area contributed by atoms with E-state index in [0.29, 0.717) is 6.54 Å². The monoisotopic (exact) mass is 269 g/mol. The number of carbonyl (C=O) groups is 2. The van der Waals surface area contributed by atoms with Crippen LogP contribution in [0.5, 0.6) is 0 Å². The third kappa shape index (κ3) is 7.49. The Bertz CT molecular complexity index is 344. The van der Waals surface area contributed by atoms with Gasteiger partial charge in [0, 0.05) is 12.6 Å². The number of carbonyl (C=O) groups excluding carboxylic acids is 2. The summed E-state index contributed by atoms with van der Waals surface area (Å²) < 4.78 is 10.1. The summed E-state index contributed by atoms with van der Waals surface area (Å²) in [5.74, 6) is -0.253. The predicted octanol–water partition coefficient (Wildman–Crippen LogP) is 2.55. The van der Waals surface area contributed by atoms with Crippen molar-refractivity contribution in [1.82, 2.24) is 5.32 Å². The zero-order valence-corrected chi connectivity index (χ0v) is 11.9. The minimum absolute atomic E-state index is 0.0636. The van der Waals surface area contributed by atoms with Crippen LogP contribution in [0.3, 0.4) is 0 Å². The number of nitrogens with one attached hydrogen (secondary N) is 1. The Morgan fingerprint density at radius 1 is 1.37 bits per heavy atom. The predicted molar refractivity (Wildman–Crippen MR) is 71.7 cm³/mol. The van der Waals surface area contributed by atoms with Gasteiger partial charge in [-0.2, -0.15) is 0 Å². The van der Waals surface area contributed by atoms with E-state index in [1.165, 1.54) is 6.08 Å². The molecule has 1 atom stereocenters. The molecule has 1 unspecified atom stereocenters. The molecule has 1 heterocycles. The number of unbranched alkanes of at least 4 members (excludes halogenated alkanes) is 2. The molecule has 1 aliphatic rings. The number of cyclic esters (lactones) is 1. The number of rotatable bonds is 6. The quantitative estimate of drug-likeness (QED) is 0.594. The zero-order chi connectivity index (χ0) is 14.3. The van der Waals surface area contributed by atoms with Crippen LogP contribution in [0.2, 0.25) is 0 Å². The average molecular weight is 269 g/mol. The molecule has 0 aromatic heterocycles. The highest BCUT2D eigenvalue weighted by Crippen LogP contribution is 2.13. The van der Waals surface area contributed by atoms with Crippen molar-refractivity contribution < 1.29 is 19.1 Å². The van der Waals surface area contributed by atoms with Crippen LogP contribution in [0.25, 0.3) is 0 Å². The Morgan fingerprint density at radius 3 is 2.68 bits per heavy atom. The van der Waals surface area contributed by atoms with Gasteiger partial charge in [0.05, 0.1) is 0 Å². The summed E-state index contributed by atoms with van der Waals surface area (Å²) in [4.78, 5) is 22.1. The van der Waals surface area contributed by atoms with Gasteiger partial charge >= 0.3 is 12.1 Å². The van der Waals surface area contributed by atoms with Crippen molar-refractivity contribution in [2.45, 2.75) is 58.2 Å². The van der Waals surface area contributed by atoms with Gasteiger partial charge in [0.1, 0.15) is 11.7 Å². The minimum atomic E-state index is -0.456. The van der Waals surface area contributed by atoms with Crippen molar-refractivity contribution >= 4 is 12.1 Å². The highest BCUT2D eigenvalue weighted by atomic mass is 16.6. The lowest BCUT2D eigenvalue weighted by atomic mass is 10.1. The summed E-state index contributed by atoms with van der Waals surface area (Å²) in [5, 5.41) is 2.71. The van der Waals surface area contributed by atoms with Gasteiger partial charge in [-0.05, 0) is 46.1 Å². The highest BCUT2D eigenvalue weighted by molar-refractivity contribution is 5.84. The van der Waals surface area contributed by atoms with Crippen LogP contribution in [0.4, 0.5) is 4.79 Å². The molecule has 1 N–H and O–H groups in total. The number of alkyl carbamates (subject to hydrolysis) is 1. The molecule has 1 aliphatic heterocycles. The molecule has 5 nitrogen and oxygen atoms in total. The van der Waals surface area contributed by atoms with E-state index in [1.54, 1.807) is 6.08 Å². The molecule has 0 aliphatic carbocycles. The number of esters is 1. The third-order valence-corrected chi connectivity index (χ3v) is 2.55. The smallest absolute Gasteiger partial charge is 0.407 e. The second kappa shape index (κ2) is 7.16. The van der Waals surface area contributed by atoms with E-state index in [1.807, 2.05) is 20.8 Å². The summed E-state index contributed by atoms with van der Waals surface area (Å²) >= 11 is 0. The molecule has 19 heavy (non-hydrogen) atoms. The number of ether oxygens (including phenoxy) is 2. The van der Waals surface area contributed by atoms with E-state index in [4.69, 9.17) is 9.47 Å². The Morgan fingerprint density at radius 2 is 2.11 bits per heavy atom. The molecule has 0 bridgehead atoms. The second-order valence-electron chi connectivity index (χ2n) is 5.61. The van der Waals surface area contributed by atoms with Gasteiger partial charge in [-0.25, -0.2) is 9.59 Å². The van der Waals surface area contributed by atoms with E-state index in [2.05, 4.69) is 5.32 Å². The molecular weight excluding hydrogens is 246 g/mol. The van der Waals surface area contributed by atoms with Gasteiger partial charge in [-0.15, -0.1) is 0 Å². The first-order valence-electron chi connectivity index (χ1n) is 6.72. The van der Waals surface area contributed by atoms with Crippen molar-refractivity contribution in [2.75, 3.05) is 6.54 Å². The van der Waals surface area contributed by atoms with Gasteiger partial charge in [-0.1, -0.05) is 6.42 Å². The molecule has 1 amide bonds. The standard InChI is InChI=1S/C14H23NO4/c1-14(2,3)19-13(17)15-10-6-4-5-7-11-8-9-12(16)18-11/h8-9,11H,4-7,10H2,1-3H3,(H,15,17). The van der Waals surface area contributed by atoms with E-state index < -0.39 is 5.60 Å². The van der Waals surface area contributed by atoms with Crippen molar-refractivity contribution in [3.8, 4) is 0 Å². The molecule has 0 aromatic rings. The SMILES string of the molecule is CC(C)(C)OC(=O)NCCCCCC1C=CC(=O)O1. The Hall–Kier alpha value is -1.52. The van der Waals surface area contributed by atoms with E-state index in [9.17, 15) is 9.59 Å². The van der Waals surface area contributed by atoms with Gasteiger partial charge < -0.3 is 14.8 Å². The number of amides is 1. The molecule has 0 spiro atoms. The fourth-order valence-electron chi connectivity index (χ4n) is 1.72. The molecule has 0 saturated heterocycles. The molecule has 1 rings (SSSR count). The van der Waals surface area contributed by atoms with E-state index in [0.717, 1.165) is 25.7 Å². The minimum Gasteiger partial charge on any atom is -0.455 e. The van der Waals surface area contributed by atoms with Gasteiger partial charge in [0.2, 0.25) is 0 Å². The van der Waals surface area contributed by atoms with E-state index in [-0.39, 0.29) is 18.2 Å². The van der Waals surface area contributed by atoms with Crippen molar-refractivity contribution in [2.24, 2.45) is 0 Å². The van der Waals surface area contributed by atoms with Crippen LogP contribution in [0.1, 0.15) is 46.5 Å². The highest BCUT2D eigenvalue weighted by Gasteiger charge is 2.16. The van der Waals surface area contributed by atoms with Gasteiger partial charge in [-0.3, -0.25) is 0 Å². The first-order valence-corrected chi connectivity index (χ1v) is 6.72. The Kier molecular flexibility index (Phi) is 5.86. The molecule has 5 heteroatoms. The van der Waals surface area contributed by atoms with Crippen molar-refractivity contribution in [3.63, 3.8) is 0 Å². The normalized spacial score (nSPS) is 18.3. The molecule has 0 fully saturated rings. The average Bonchev–Trinajstić information content (AvgIpc) is 2.67.